The molecule has 0 aliphatic rings. The molecule has 2 aromatic rings. The smallest absolute Gasteiger partial charge is 0.0528 e. The monoisotopic (exact) mass is 246 g/mol. The number of aliphatic hydroxyl groups excluding tert-OH is 1. The van der Waals surface area contributed by atoms with Gasteiger partial charge in [-0.15, -0.1) is 11.3 Å². The summed E-state index contributed by atoms with van der Waals surface area (Å²) in [5, 5.41) is 11.8. The highest BCUT2D eigenvalue weighted by Crippen LogP contribution is 2.29. The second kappa shape index (κ2) is 5.03. The minimum absolute atomic E-state index is 0.175. The first-order valence-corrected chi connectivity index (χ1v) is 6.72. The molecule has 0 spiro atoms. The van der Waals surface area contributed by atoms with Crippen LogP contribution in [-0.4, -0.2) is 11.7 Å². The Bertz CT molecular complexity index is 458. The van der Waals surface area contributed by atoms with E-state index in [-0.39, 0.29) is 12.0 Å². The van der Waals surface area contributed by atoms with E-state index >= 15 is 0 Å². The van der Waals surface area contributed by atoms with E-state index in [4.69, 9.17) is 0 Å². The van der Waals surface area contributed by atoms with Crippen molar-refractivity contribution in [2.45, 2.75) is 25.7 Å². The normalized spacial score (nSPS) is 14.5. The minimum Gasteiger partial charge on any atom is -0.395 e. The minimum atomic E-state index is -0.182. The van der Waals surface area contributed by atoms with Crippen LogP contribution in [0.5, 0.6) is 0 Å². The third-order valence-electron chi connectivity index (χ3n) is 3.24. The van der Waals surface area contributed by atoms with Gasteiger partial charge in [0, 0.05) is 10.3 Å². The fourth-order valence-electron chi connectivity index (χ4n) is 2.00. The summed E-state index contributed by atoms with van der Waals surface area (Å²) in [5.41, 5.74) is 2.28. The van der Waals surface area contributed by atoms with Crippen LogP contribution in [0, 0.1) is 6.92 Å². The molecule has 0 saturated heterocycles. The van der Waals surface area contributed by atoms with Crippen molar-refractivity contribution >= 4 is 11.3 Å². The summed E-state index contributed by atoms with van der Waals surface area (Å²) in [6, 6.07) is 12.7. The highest BCUT2D eigenvalue weighted by Gasteiger charge is 2.26. The third-order valence-corrected chi connectivity index (χ3v) is 4.12. The fraction of sp³-hybridized carbons (Fsp3) is 0.333. The van der Waals surface area contributed by atoms with Gasteiger partial charge in [-0.05, 0) is 30.4 Å². The van der Waals surface area contributed by atoms with Gasteiger partial charge in [-0.2, -0.15) is 0 Å². The van der Waals surface area contributed by atoms with Gasteiger partial charge in [0.1, 0.15) is 0 Å². The molecule has 1 aromatic carbocycles. The van der Waals surface area contributed by atoms with Crippen molar-refractivity contribution in [3.63, 3.8) is 0 Å². The summed E-state index contributed by atoms with van der Waals surface area (Å²) in [7, 11) is 0. The van der Waals surface area contributed by atoms with E-state index in [0.717, 1.165) is 6.42 Å². The van der Waals surface area contributed by atoms with Crippen LogP contribution >= 0.6 is 11.3 Å². The van der Waals surface area contributed by atoms with Crippen molar-refractivity contribution in [2.24, 2.45) is 0 Å². The zero-order valence-electron chi connectivity index (χ0n) is 10.3. The molecule has 2 heteroatoms. The maximum atomic E-state index is 9.71. The van der Waals surface area contributed by atoms with Gasteiger partial charge in [-0.25, -0.2) is 0 Å². The van der Waals surface area contributed by atoms with Crippen LogP contribution in [0.2, 0.25) is 0 Å². The maximum Gasteiger partial charge on any atom is 0.0528 e. The van der Waals surface area contributed by atoms with E-state index in [0.29, 0.717) is 0 Å². The molecule has 1 unspecified atom stereocenters. The molecule has 90 valence electrons. The summed E-state index contributed by atoms with van der Waals surface area (Å²) < 4.78 is 0. The zero-order valence-corrected chi connectivity index (χ0v) is 11.1. The number of benzene rings is 1. The van der Waals surface area contributed by atoms with Gasteiger partial charge >= 0.3 is 0 Å². The van der Waals surface area contributed by atoms with Gasteiger partial charge in [0.25, 0.3) is 0 Å². The lowest BCUT2D eigenvalue weighted by Gasteiger charge is -2.27. The predicted molar refractivity (Wildman–Crippen MR) is 73.6 cm³/mol. The molecule has 17 heavy (non-hydrogen) atoms. The van der Waals surface area contributed by atoms with Gasteiger partial charge < -0.3 is 5.11 Å². The van der Waals surface area contributed by atoms with Crippen LogP contribution in [0.4, 0.5) is 0 Å². The topological polar surface area (TPSA) is 20.2 Å². The molecular formula is C15H18OS. The van der Waals surface area contributed by atoms with E-state index in [1.165, 1.54) is 16.0 Å². The molecule has 1 aromatic heterocycles. The number of hydrogen-bond acceptors (Lipinski definition) is 2. The van der Waals surface area contributed by atoms with Crippen LogP contribution in [0.25, 0.3) is 0 Å². The van der Waals surface area contributed by atoms with Crippen molar-refractivity contribution in [1.82, 2.24) is 0 Å². The average molecular weight is 246 g/mol. The summed E-state index contributed by atoms with van der Waals surface area (Å²) in [6.07, 6.45) is 0.893. The Labute approximate surface area is 107 Å². The van der Waals surface area contributed by atoms with Crippen molar-refractivity contribution in [3.8, 4) is 0 Å². The zero-order chi connectivity index (χ0) is 12.3. The van der Waals surface area contributed by atoms with Gasteiger partial charge in [0.05, 0.1) is 6.61 Å². The van der Waals surface area contributed by atoms with Crippen LogP contribution in [-0.2, 0) is 11.8 Å². The Morgan fingerprint density at radius 1 is 1.18 bits per heavy atom. The first-order chi connectivity index (χ1) is 8.14. The van der Waals surface area contributed by atoms with Crippen molar-refractivity contribution in [2.75, 3.05) is 6.61 Å². The van der Waals surface area contributed by atoms with Gasteiger partial charge in [-0.3, -0.25) is 0 Å². The first kappa shape index (κ1) is 12.3. The first-order valence-electron chi connectivity index (χ1n) is 5.84. The Morgan fingerprint density at radius 3 is 2.41 bits per heavy atom. The lowest BCUT2D eigenvalue weighted by Crippen LogP contribution is -2.29. The second-order valence-corrected chi connectivity index (χ2v) is 5.87. The summed E-state index contributed by atoms with van der Waals surface area (Å²) >= 11 is 1.75. The second-order valence-electron chi connectivity index (χ2n) is 4.84. The maximum absolute atomic E-state index is 9.71. The van der Waals surface area contributed by atoms with Gasteiger partial charge in [0.2, 0.25) is 0 Å². The molecule has 1 heterocycles. The Balaban J connectivity index is 2.27. The SMILES string of the molecule is Cc1ccc(C(C)(CO)Cc2cccs2)cc1. The standard InChI is InChI=1S/C15H18OS/c1-12-5-7-13(8-6-12)15(2,11-16)10-14-4-3-9-17-14/h3-9,16H,10-11H2,1-2H3. The molecule has 0 aliphatic heterocycles. The quantitative estimate of drug-likeness (QED) is 0.874. The molecule has 0 saturated carbocycles. The van der Waals surface area contributed by atoms with E-state index in [1.807, 2.05) is 0 Å². The summed E-state index contributed by atoms with van der Waals surface area (Å²) in [6.45, 7) is 4.38. The van der Waals surface area contributed by atoms with E-state index in [1.54, 1.807) is 11.3 Å². The molecule has 1 nitrogen and oxygen atoms in total. The van der Waals surface area contributed by atoms with E-state index < -0.39 is 0 Å². The van der Waals surface area contributed by atoms with Crippen LogP contribution in [0.15, 0.2) is 41.8 Å². The molecule has 1 N–H and O–H groups in total. The molecule has 0 aliphatic carbocycles. The number of aliphatic hydroxyl groups is 1. The number of aryl methyl sites for hydroxylation is 1. The molecular weight excluding hydrogens is 228 g/mol. The lowest BCUT2D eigenvalue weighted by molar-refractivity contribution is 0.205. The molecule has 1 atom stereocenters. The Kier molecular flexibility index (Phi) is 3.65. The summed E-state index contributed by atoms with van der Waals surface area (Å²) in [5.74, 6) is 0. The predicted octanol–water partition coefficient (Wildman–Crippen LogP) is 3.55. The average Bonchev–Trinajstić information content (AvgIpc) is 2.82. The molecule has 0 amide bonds. The van der Waals surface area contributed by atoms with Crippen LogP contribution < -0.4 is 0 Å². The Morgan fingerprint density at radius 2 is 1.88 bits per heavy atom. The summed E-state index contributed by atoms with van der Waals surface area (Å²) in [4.78, 5) is 1.32. The molecule has 2 rings (SSSR count). The van der Waals surface area contributed by atoms with Crippen LogP contribution in [0.1, 0.15) is 22.9 Å². The molecule has 0 bridgehead atoms. The third kappa shape index (κ3) is 2.76. The number of hydrogen-bond donors (Lipinski definition) is 1. The van der Waals surface area contributed by atoms with Crippen molar-refractivity contribution < 1.29 is 5.11 Å². The van der Waals surface area contributed by atoms with Gasteiger partial charge in [0.15, 0.2) is 0 Å². The number of rotatable bonds is 4. The largest absolute Gasteiger partial charge is 0.395 e. The van der Waals surface area contributed by atoms with E-state index in [2.05, 4.69) is 55.6 Å². The Hall–Kier alpha value is -1.12. The lowest BCUT2D eigenvalue weighted by atomic mass is 9.79. The highest BCUT2D eigenvalue weighted by atomic mass is 32.1. The van der Waals surface area contributed by atoms with Crippen molar-refractivity contribution in [1.29, 1.82) is 0 Å². The van der Waals surface area contributed by atoms with Gasteiger partial charge in [-0.1, -0.05) is 42.8 Å². The molecule has 0 fully saturated rings. The highest BCUT2D eigenvalue weighted by molar-refractivity contribution is 7.09. The molecule has 0 radical (unpaired) electrons. The van der Waals surface area contributed by atoms with Crippen LogP contribution in [0.3, 0.4) is 0 Å². The van der Waals surface area contributed by atoms with Crippen molar-refractivity contribution in [3.05, 3.63) is 57.8 Å². The fourth-order valence-corrected chi connectivity index (χ4v) is 2.89. The number of thiophene rings is 1. The van der Waals surface area contributed by atoms with E-state index in [9.17, 15) is 5.11 Å².